The Kier molecular flexibility index (Phi) is 1.33. The van der Waals surface area contributed by atoms with E-state index >= 15 is 0 Å². The van der Waals surface area contributed by atoms with Crippen molar-refractivity contribution in [1.29, 1.82) is 0 Å². The van der Waals surface area contributed by atoms with E-state index in [0.717, 1.165) is 11.3 Å². The van der Waals surface area contributed by atoms with Crippen molar-refractivity contribution in [3.8, 4) is 0 Å². The summed E-state index contributed by atoms with van der Waals surface area (Å²) in [5.74, 6) is 1.03. The van der Waals surface area contributed by atoms with E-state index in [9.17, 15) is 0 Å². The van der Waals surface area contributed by atoms with Gasteiger partial charge in [0, 0.05) is 5.41 Å². The zero-order valence-electron chi connectivity index (χ0n) is 11.2. The summed E-state index contributed by atoms with van der Waals surface area (Å²) in [6.07, 6.45) is 9.89. The second-order valence-corrected chi connectivity index (χ2v) is 7.89. The molecule has 4 aliphatic carbocycles. The molecule has 3 saturated carbocycles. The van der Waals surface area contributed by atoms with Crippen molar-refractivity contribution in [2.45, 2.75) is 59.8 Å². The average molecular weight is 216 g/mol. The van der Waals surface area contributed by atoms with E-state index in [1.165, 1.54) is 32.1 Å². The fourth-order valence-electron chi connectivity index (χ4n) is 7.19. The summed E-state index contributed by atoms with van der Waals surface area (Å²) < 4.78 is 0. The molecule has 4 aliphatic rings. The van der Waals surface area contributed by atoms with E-state index < -0.39 is 0 Å². The monoisotopic (exact) mass is 216 g/mol. The number of hydrogen-bond donors (Lipinski definition) is 0. The van der Waals surface area contributed by atoms with E-state index in [2.05, 4.69) is 33.8 Å². The molecule has 4 atom stereocenters. The van der Waals surface area contributed by atoms with Gasteiger partial charge in [-0.05, 0) is 61.2 Å². The van der Waals surface area contributed by atoms with Crippen molar-refractivity contribution in [2.24, 2.45) is 27.6 Å². The molecule has 0 aliphatic heterocycles. The molecule has 0 heteroatoms. The molecule has 0 saturated heterocycles. The topological polar surface area (TPSA) is 0 Å². The van der Waals surface area contributed by atoms with E-state index in [1.807, 2.05) is 0 Å². The van der Waals surface area contributed by atoms with Gasteiger partial charge in [-0.1, -0.05) is 32.4 Å². The first kappa shape index (κ1) is 9.74. The van der Waals surface area contributed by atoms with Gasteiger partial charge in [-0.3, -0.25) is 0 Å². The van der Waals surface area contributed by atoms with Gasteiger partial charge in [-0.15, -0.1) is 0 Å². The highest BCUT2D eigenvalue weighted by Gasteiger charge is 2.93. The minimum Gasteiger partial charge on any atom is -0.0850 e. The van der Waals surface area contributed by atoms with E-state index in [4.69, 9.17) is 0 Å². The molecule has 0 bridgehead atoms. The Morgan fingerprint density at radius 2 is 1.94 bits per heavy atom. The lowest BCUT2D eigenvalue weighted by Crippen LogP contribution is -2.47. The molecule has 4 unspecified atom stereocenters. The molecule has 0 heterocycles. The molecular weight excluding hydrogens is 192 g/mol. The predicted octanol–water partition coefficient (Wildman–Crippen LogP) is 4.56. The lowest BCUT2D eigenvalue weighted by molar-refractivity contribution is -0.0532. The number of rotatable bonds is 0. The third-order valence-electron chi connectivity index (χ3n) is 7.47. The lowest BCUT2D eigenvalue weighted by atomic mass is 9.50. The second kappa shape index (κ2) is 2.18. The van der Waals surface area contributed by atoms with Gasteiger partial charge in [0.25, 0.3) is 0 Å². The van der Waals surface area contributed by atoms with Crippen molar-refractivity contribution in [1.82, 2.24) is 0 Å². The zero-order valence-corrected chi connectivity index (χ0v) is 11.2. The highest BCUT2D eigenvalue weighted by Crippen LogP contribution is 2.99. The highest BCUT2D eigenvalue weighted by atomic mass is 15.0. The first-order chi connectivity index (χ1) is 7.42. The molecule has 0 N–H and O–H groups in total. The third-order valence-corrected chi connectivity index (χ3v) is 7.47. The molecule has 2 spiro atoms. The first-order valence-corrected chi connectivity index (χ1v) is 7.10. The van der Waals surface area contributed by atoms with Crippen LogP contribution in [0.5, 0.6) is 0 Å². The van der Waals surface area contributed by atoms with Crippen molar-refractivity contribution in [3.05, 3.63) is 11.6 Å². The number of allylic oxidation sites excluding steroid dienone is 2. The van der Waals surface area contributed by atoms with Crippen molar-refractivity contribution in [2.75, 3.05) is 0 Å². The van der Waals surface area contributed by atoms with E-state index in [1.54, 1.807) is 5.57 Å². The van der Waals surface area contributed by atoms with Crippen molar-refractivity contribution >= 4 is 0 Å². The molecule has 0 radical (unpaired) electrons. The Hall–Kier alpha value is -0.260. The van der Waals surface area contributed by atoms with Crippen LogP contribution in [0.3, 0.4) is 0 Å². The molecular formula is C16H24. The standard InChI is InChI=1S/C16H24/c1-11-6-5-8-14(4)15(11)9-7-12-13(2,3)10-16(12,14)15/h6,12H,5,7-10H2,1-4H3. The molecule has 88 valence electrons. The molecule has 0 amide bonds. The van der Waals surface area contributed by atoms with Crippen LogP contribution in [-0.4, -0.2) is 0 Å². The van der Waals surface area contributed by atoms with Crippen LogP contribution in [-0.2, 0) is 0 Å². The van der Waals surface area contributed by atoms with Crippen LogP contribution >= 0.6 is 0 Å². The largest absolute Gasteiger partial charge is 0.0850 e. The maximum Gasteiger partial charge on any atom is 0.00337 e. The number of hydrogen-bond acceptors (Lipinski definition) is 0. The fourth-order valence-corrected chi connectivity index (χ4v) is 7.19. The van der Waals surface area contributed by atoms with Crippen LogP contribution in [0.1, 0.15) is 59.8 Å². The molecule has 0 aromatic carbocycles. The Morgan fingerprint density at radius 1 is 1.19 bits per heavy atom. The van der Waals surface area contributed by atoms with Gasteiger partial charge in [0.05, 0.1) is 0 Å². The fraction of sp³-hybridized carbons (Fsp3) is 0.875. The van der Waals surface area contributed by atoms with Crippen molar-refractivity contribution < 1.29 is 0 Å². The second-order valence-electron chi connectivity index (χ2n) is 7.89. The third kappa shape index (κ3) is 0.585. The Bertz CT molecular complexity index is 416. The summed E-state index contributed by atoms with van der Waals surface area (Å²) in [5.41, 5.74) is 4.51. The van der Waals surface area contributed by atoms with Crippen LogP contribution in [0.25, 0.3) is 0 Å². The molecule has 0 nitrogen and oxygen atoms in total. The van der Waals surface area contributed by atoms with Gasteiger partial charge in [0.1, 0.15) is 0 Å². The normalized spacial score (nSPS) is 60.2. The average Bonchev–Trinajstić information content (AvgIpc) is 2.53. The van der Waals surface area contributed by atoms with Crippen LogP contribution < -0.4 is 0 Å². The SMILES string of the molecule is CC1=CCCC2(C)C13CCC1C(C)(C)CC123. The maximum atomic E-state index is 2.62. The summed E-state index contributed by atoms with van der Waals surface area (Å²) in [5, 5.41) is 0. The predicted molar refractivity (Wildman–Crippen MR) is 67.1 cm³/mol. The van der Waals surface area contributed by atoms with E-state index in [-0.39, 0.29) is 0 Å². The minimum atomic E-state index is 0.643. The molecule has 3 fully saturated rings. The van der Waals surface area contributed by atoms with Gasteiger partial charge in [0.2, 0.25) is 0 Å². The van der Waals surface area contributed by atoms with Gasteiger partial charge >= 0.3 is 0 Å². The van der Waals surface area contributed by atoms with Crippen LogP contribution in [0.4, 0.5) is 0 Å². The molecule has 4 rings (SSSR count). The summed E-state index contributed by atoms with van der Waals surface area (Å²) >= 11 is 0. The van der Waals surface area contributed by atoms with Crippen LogP contribution in [0.2, 0.25) is 0 Å². The first-order valence-electron chi connectivity index (χ1n) is 7.10. The van der Waals surface area contributed by atoms with Crippen LogP contribution in [0.15, 0.2) is 11.6 Å². The maximum absolute atomic E-state index is 2.62. The molecule has 0 aromatic rings. The van der Waals surface area contributed by atoms with Gasteiger partial charge in [-0.25, -0.2) is 0 Å². The summed E-state index contributed by atoms with van der Waals surface area (Å²) in [7, 11) is 0. The summed E-state index contributed by atoms with van der Waals surface area (Å²) in [6, 6.07) is 0. The summed E-state index contributed by atoms with van der Waals surface area (Å²) in [6.45, 7) is 10.1. The van der Waals surface area contributed by atoms with Gasteiger partial charge in [-0.2, -0.15) is 0 Å². The van der Waals surface area contributed by atoms with Gasteiger partial charge in [0.15, 0.2) is 0 Å². The smallest absolute Gasteiger partial charge is 0.00337 e. The highest BCUT2D eigenvalue weighted by molar-refractivity contribution is 5.49. The van der Waals surface area contributed by atoms with Crippen molar-refractivity contribution in [3.63, 3.8) is 0 Å². The van der Waals surface area contributed by atoms with Crippen LogP contribution in [0, 0.1) is 27.6 Å². The Morgan fingerprint density at radius 3 is 2.56 bits per heavy atom. The summed E-state index contributed by atoms with van der Waals surface area (Å²) in [4.78, 5) is 0. The quantitative estimate of drug-likeness (QED) is 0.521. The van der Waals surface area contributed by atoms with Gasteiger partial charge < -0.3 is 0 Å². The molecule has 16 heavy (non-hydrogen) atoms. The molecule has 0 aromatic heterocycles. The zero-order chi connectivity index (χ0) is 11.4. The van der Waals surface area contributed by atoms with E-state index in [0.29, 0.717) is 16.2 Å². The Balaban J connectivity index is 1.87. The lowest BCUT2D eigenvalue weighted by Gasteiger charge is -2.54. The minimum absolute atomic E-state index is 0.643. The Labute approximate surface area is 99.5 Å².